The van der Waals surface area contributed by atoms with Gasteiger partial charge in [0.25, 0.3) is 5.91 Å². The molecule has 0 aliphatic carbocycles. The van der Waals surface area contributed by atoms with Crippen LogP contribution in [0, 0.1) is 11.8 Å². The SMILES string of the molecule is CC[C@H](C)[C@H](NC(=O)[C@@H](NC(=O)[C@H](C)NC(=O)[C@H](CCCCNC(=O)c1cc(C(F)(F)F)ccc1C(F)(F)F)NC(=O)[C@H](CC(=O)O)NC(C)=O)[C@@H](C)O)C(=O)NCC(=O)N[C@@H](Cc1ccccc1)C(=O)N[C@@H](CCC(=O)O)C(=O)N[C@H](C(=O)N[C@@H](CCC(N)=O)C(=O)N[C@@H](CCC(=O)O)C(=O)N[C@@H](CCC(=O)O)C(=O)O)C(C)C. The fourth-order valence-electron chi connectivity index (χ4n) is 10.7. The highest BCUT2D eigenvalue weighted by Crippen LogP contribution is 2.36. The second kappa shape index (κ2) is 47.4. The average molecular weight is 1650 g/mol. The summed E-state index contributed by atoms with van der Waals surface area (Å²) >= 11 is 0. The topological polar surface area (TPSA) is 628 Å². The predicted octanol–water partition coefficient (Wildman–Crippen LogP) is -2.14. The minimum Gasteiger partial charge on any atom is -0.481 e. The van der Waals surface area contributed by atoms with E-state index in [-0.39, 0.29) is 43.9 Å². The van der Waals surface area contributed by atoms with Crippen molar-refractivity contribution in [3.05, 3.63) is 70.8 Å². The van der Waals surface area contributed by atoms with Gasteiger partial charge >= 0.3 is 42.2 Å². The smallest absolute Gasteiger partial charge is 0.417 e. The van der Waals surface area contributed by atoms with Gasteiger partial charge in [-0.2, -0.15) is 26.3 Å². The molecule has 13 atom stereocenters. The number of hydrogen-bond acceptors (Lipinski definition) is 20. The fourth-order valence-corrected chi connectivity index (χ4v) is 10.7. The molecule has 0 unspecified atom stereocenters. The van der Waals surface area contributed by atoms with E-state index in [1.165, 1.54) is 32.9 Å². The van der Waals surface area contributed by atoms with Gasteiger partial charge in [-0.05, 0) is 94.4 Å². The normalized spacial score (nSPS) is 14.7. The molecule has 0 saturated heterocycles. The second-order valence-electron chi connectivity index (χ2n) is 26.9. The van der Waals surface area contributed by atoms with Crippen LogP contribution in [0.25, 0.3) is 0 Å². The quantitative estimate of drug-likeness (QED) is 0.0248. The molecule has 14 amide bonds. The molecule has 0 aromatic heterocycles. The molecule has 0 aliphatic rings. The molecule has 0 bridgehead atoms. The summed E-state index contributed by atoms with van der Waals surface area (Å²) in [7, 11) is 0. The van der Waals surface area contributed by atoms with Crippen molar-refractivity contribution >= 4 is 113 Å². The first kappa shape index (κ1) is 99.0. The predicted molar refractivity (Wildman–Crippen MR) is 383 cm³/mol. The van der Waals surface area contributed by atoms with Crippen molar-refractivity contribution in [2.75, 3.05) is 13.1 Å². The van der Waals surface area contributed by atoms with Crippen LogP contribution in [0.2, 0.25) is 0 Å². The average Bonchev–Trinajstić information content (AvgIpc) is 0.792. The van der Waals surface area contributed by atoms with Crippen molar-refractivity contribution in [3.8, 4) is 0 Å². The molecular formula is C70H96F6N14O25. The van der Waals surface area contributed by atoms with Crippen LogP contribution < -0.4 is 74.9 Å². The number of nitrogens with two attached hydrogens (primary N) is 1. The van der Waals surface area contributed by atoms with Crippen LogP contribution in [0.1, 0.15) is 159 Å². The van der Waals surface area contributed by atoms with Gasteiger partial charge in [-0.1, -0.05) is 64.4 Å². The van der Waals surface area contributed by atoms with E-state index in [1.807, 2.05) is 10.6 Å². The standard InChI is InChI=1S/C70H96F6N14O25/c1-8-33(4)55(89-67(113)56(35(6)91)90-57(103)34(5)80-59(105)41(83-64(110)47(30-53(101)102)81-36(7)92)16-12-13-27-78-58(104)39-29-38(69(71,72)73)17-18-40(39)70(74,75)76)65(111)79-31-49(94)82-46(28-37-14-10-9-11-15-37)63(109)85-44(21-25-51(97)98)62(108)88-54(32(2)3)66(112)86-42(19-23-48(77)93)60(106)84-43(20-24-50(95)96)61(107)87-45(68(114)115)22-26-52(99)100/h9-11,14-15,17-18,29,32-35,41-47,54-56,91H,8,12-13,16,19-28,30-31H2,1-7H3,(H2,77,93)(H,78,104)(H,79,111)(H,80,105)(H,81,92)(H,82,94)(H,83,110)(H,84,106)(H,85,109)(H,86,112)(H,87,107)(H,88,108)(H,89,113)(H,90,103)(H,95,96)(H,97,98)(H,99,100)(H,101,102)(H,114,115)/t33-,34-,35+,41-,42-,43-,44-,45-,46-,47-,54-,55-,56-/m0/s1. The number of hydrogen-bond donors (Lipinski definition) is 20. The first-order valence-electron chi connectivity index (χ1n) is 35.7. The van der Waals surface area contributed by atoms with Gasteiger partial charge in [0.2, 0.25) is 76.8 Å². The zero-order valence-electron chi connectivity index (χ0n) is 63.3. The summed E-state index contributed by atoms with van der Waals surface area (Å²) in [6.45, 7) is 7.34. The number of rotatable bonds is 50. The number of aliphatic hydroxyl groups is 1. The number of nitrogens with one attached hydrogen (secondary N) is 13. The number of aliphatic hydroxyl groups excluding tert-OH is 1. The third-order valence-electron chi connectivity index (χ3n) is 17.2. The summed E-state index contributed by atoms with van der Waals surface area (Å²) in [5.74, 6) is -26.1. The molecule has 0 saturated carbocycles. The van der Waals surface area contributed by atoms with E-state index in [0.717, 1.165) is 20.8 Å². The molecule has 0 fully saturated rings. The zero-order chi connectivity index (χ0) is 87.5. The van der Waals surface area contributed by atoms with E-state index in [0.29, 0.717) is 5.56 Å². The molecule has 115 heavy (non-hydrogen) atoms. The number of halogens is 6. The van der Waals surface area contributed by atoms with Gasteiger partial charge < -0.3 is 105 Å². The molecule has 0 aliphatic heterocycles. The molecule has 45 heteroatoms. The van der Waals surface area contributed by atoms with Gasteiger partial charge in [0.05, 0.1) is 35.8 Å². The Hall–Kier alpha value is -12.1. The molecule has 0 heterocycles. The molecule has 2 rings (SSSR count). The Bertz CT molecular complexity index is 3820. The highest BCUT2D eigenvalue weighted by molar-refractivity contribution is 6.00. The number of amides is 14. The Morgan fingerprint density at radius 2 is 0.896 bits per heavy atom. The minimum absolute atomic E-state index is 0.000484. The van der Waals surface area contributed by atoms with Crippen molar-refractivity contribution in [1.29, 1.82) is 0 Å². The summed E-state index contributed by atoms with van der Waals surface area (Å²) in [6.07, 6.45) is -20.1. The van der Waals surface area contributed by atoms with Crippen molar-refractivity contribution in [2.45, 2.75) is 223 Å². The lowest BCUT2D eigenvalue weighted by molar-refractivity contribution is -0.144. The first-order chi connectivity index (χ1) is 53.5. The molecule has 2 aromatic carbocycles. The summed E-state index contributed by atoms with van der Waals surface area (Å²) in [5, 5.41) is 87.1. The minimum atomic E-state index is -5.27. The molecular weight excluding hydrogens is 1550 g/mol. The van der Waals surface area contributed by atoms with E-state index in [9.17, 15) is 143 Å². The van der Waals surface area contributed by atoms with Crippen LogP contribution in [-0.2, 0) is 105 Å². The summed E-state index contributed by atoms with van der Waals surface area (Å²) in [5.41, 5.74) is 1.07. The van der Waals surface area contributed by atoms with E-state index in [2.05, 4.69) is 58.5 Å². The molecule has 2 aromatic rings. The van der Waals surface area contributed by atoms with E-state index >= 15 is 0 Å². The maximum atomic E-state index is 14.4. The lowest BCUT2D eigenvalue weighted by Gasteiger charge is -2.29. The van der Waals surface area contributed by atoms with Gasteiger partial charge in [0.1, 0.15) is 66.5 Å². The molecule has 0 radical (unpaired) electrons. The summed E-state index contributed by atoms with van der Waals surface area (Å²) < 4.78 is 81.5. The zero-order valence-corrected chi connectivity index (χ0v) is 63.3. The molecule has 638 valence electrons. The van der Waals surface area contributed by atoms with E-state index in [1.54, 1.807) is 25.1 Å². The van der Waals surface area contributed by atoms with Gasteiger partial charge in [-0.3, -0.25) is 86.3 Å². The Labute approximate surface area is 652 Å². The number of primary amides is 1. The van der Waals surface area contributed by atoms with Crippen molar-refractivity contribution < 1.29 is 148 Å². The molecule has 39 nitrogen and oxygen atoms in total. The Morgan fingerprint density at radius 3 is 1.37 bits per heavy atom. The summed E-state index contributed by atoms with van der Waals surface area (Å²) in [4.78, 5) is 248. The van der Waals surface area contributed by atoms with Crippen molar-refractivity contribution in [3.63, 3.8) is 0 Å². The van der Waals surface area contributed by atoms with Gasteiger partial charge in [0, 0.05) is 45.6 Å². The van der Waals surface area contributed by atoms with Crippen molar-refractivity contribution in [1.82, 2.24) is 69.1 Å². The lowest BCUT2D eigenvalue weighted by Crippen LogP contribution is -2.61. The van der Waals surface area contributed by atoms with Gasteiger partial charge in [-0.25, -0.2) is 4.79 Å². The highest BCUT2D eigenvalue weighted by Gasteiger charge is 2.41. The van der Waals surface area contributed by atoms with Gasteiger partial charge in [-0.15, -0.1) is 0 Å². The van der Waals surface area contributed by atoms with Crippen LogP contribution in [0.5, 0.6) is 0 Å². The lowest BCUT2D eigenvalue weighted by atomic mass is 9.97. The fraction of sp³-hybridized carbons (Fsp3) is 0.557. The summed E-state index contributed by atoms with van der Waals surface area (Å²) in [6, 6.07) is -11.6. The first-order valence-corrected chi connectivity index (χ1v) is 35.7. The number of benzene rings is 2. The number of carbonyl (C=O) groups excluding carboxylic acids is 14. The molecule has 21 N–H and O–H groups in total. The number of carbonyl (C=O) groups is 19. The van der Waals surface area contributed by atoms with E-state index < -0.39 is 303 Å². The van der Waals surface area contributed by atoms with Gasteiger partial charge in [0.15, 0.2) is 0 Å². The number of alkyl halides is 6. The van der Waals surface area contributed by atoms with Crippen LogP contribution in [-0.4, -0.2) is 229 Å². The maximum Gasteiger partial charge on any atom is 0.417 e. The Morgan fingerprint density at radius 1 is 0.443 bits per heavy atom. The van der Waals surface area contributed by atoms with Crippen LogP contribution in [0.3, 0.4) is 0 Å². The maximum absolute atomic E-state index is 14.4. The largest absolute Gasteiger partial charge is 0.481 e. The number of unbranched alkanes of at least 4 members (excludes halogenated alkanes) is 1. The Kier molecular flexibility index (Phi) is 40.8. The van der Waals surface area contributed by atoms with Crippen LogP contribution in [0.4, 0.5) is 26.3 Å². The number of carboxylic acid groups (broad SMARTS) is 5. The molecule has 0 spiro atoms. The number of carboxylic acids is 5. The number of aliphatic carboxylic acids is 5. The third kappa shape index (κ3) is 36.1. The second-order valence-corrected chi connectivity index (χ2v) is 26.9. The van der Waals surface area contributed by atoms with Crippen molar-refractivity contribution in [2.24, 2.45) is 17.6 Å². The monoisotopic (exact) mass is 1650 g/mol. The van der Waals surface area contributed by atoms with E-state index in [4.69, 9.17) is 10.8 Å². The van der Waals surface area contributed by atoms with Crippen LogP contribution in [0.15, 0.2) is 48.5 Å². The van der Waals surface area contributed by atoms with Crippen LogP contribution >= 0.6 is 0 Å². The highest BCUT2D eigenvalue weighted by atomic mass is 19.4. The Balaban J connectivity index is 2.41. The third-order valence-corrected chi connectivity index (χ3v) is 17.2.